The lowest BCUT2D eigenvalue weighted by molar-refractivity contribution is 0.471. The predicted octanol–water partition coefficient (Wildman–Crippen LogP) is 5.15. The average Bonchev–Trinajstić information content (AvgIpc) is 2.69. The maximum atomic E-state index is 10.9. The second-order valence-electron chi connectivity index (χ2n) is 6.73. The normalized spacial score (nSPS) is 12.1. The molecule has 4 rings (SSSR count). The minimum Gasteiger partial charge on any atom is -0.505 e. The summed E-state index contributed by atoms with van der Waals surface area (Å²) in [6, 6.07) is 19.5. The molecule has 134 valence electrons. The van der Waals surface area contributed by atoms with E-state index in [1.165, 1.54) is 5.56 Å². The van der Waals surface area contributed by atoms with E-state index in [9.17, 15) is 5.11 Å². The lowest BCUT2D eigenvalue weighted by Gasteiger charge is -2.23. The number of anilines is 1. The zero-order valence-electron chi connectivity index (χ0n) is 15.3. The van der Waals surface area contributed by atoms with Gasteiger partial charge in [-0.1, -0.05) is 42.0 Å². The van der Waals surface area contributed by atoms with Crippen LogP contribution in [0.1, 0.15) is 28.4 Å². The number of rotatable bonds is 4. The Bertz CT molecular complexity index is 1090. The Balaban J connectivity index is 1.85. The van der Waals surface area contributed by atoms with Crippen molar-refractivity contribution >= 4 is 16.6 Å². The molecule has 1 unspecified atom stereocenters. The van der Waals surface area contributed by atoms with Crippen LogP contribution >= 0.6 is 0 Å². The molecular weight excluding hydrogens is 334 g/mol. The van der Waals surface area contributed by atoms with Crippen LogP contribution < -0.4 is 5.32 Å². The molecule has 4 aromatic rings. The zero-order chi connectivity index (χ0) is 18.8. The fourth-order valence-electron chi connectivity index (χ4n) is 3.37. The molecular formula is C23H21N3O. The van der Waals surface area contributed by atoms with Crippen LogP contribution in [0.2, 0.25) is 0 Å². The van der Waals surface area contributed by atoms with Crippen molar-refractivity contribution in [3.63, 3.8) is 0 Å². The fraction of sp³-hybridized carbons (Fsp3) is 0.130. The SMILES string of the molecule is Cc1ccc(NC(c2ccccn2)c2ccc3cccnc3c2O)c(C)c1. The number of benzene rings is 2. The molecule has 0 saturated carbocycles. The molecule has 2 aromatic carbocycles. The molecule has 0 aliphatic carbocycles. The average molecular weight is 355 g/mol. The first-order valence-corrected chi connectivity index (χ1v) is 8.95. The van der Waals surface area contributed by atoms with Gasteiger partial charge in [0.05, 0.1) is 11.7 Å². The van der Waals surface area contributed by atoms with Crippen LogP contribution in [0.15, 0.2) is 73.1 Å². The summed E-state index contributed by atoms with van der Waals surface area (Å²) >= 11 is 0. The molecule has 0 saturated heterocycles. The Morgan fingerprint density at radius 1 is 0.889 bits per heavy atom. The second kappa shape index (κ2) is 7.08. The van der Waals surface area contributed by atoms with Gasteiger partial charge in [-0.3, -0.25) is 9.97 Å². The van der Waals surface area contributed by atoms with E-state index in [2.05, 4.69) is 47.3 Å². The summed E-state index contributed by atoms with van der Waals surface area (Å²) in [4.78, 5) is 8.88. The maximum Gasteiger partial charge on any atom is 0.147 e. The van der Waals surface area contributed by atoms with Crippen LogP contribution in [0.5, 0.6) is 5.75 Å². The molecule has 2 heterocycles. The minimum absolute atomic E-state index is 0.181. The van der Waals surface area contributed by atoms with Gasteiger partial charge in [-0.2, -0.15) is 0 Å². The van der Waals surface area contributed by atoms with Crippen molar-refractivity contribution < 1.29 is 5.11 Å². The van der Waals surface area contributed by atoms with Gasteiger partial charge in [-0.05, 0) is 43.7 Å². The van der Waals surface area contributed by atoms with Crippen molar-refractivity contribution in [3.05, 3.63) is 95.4 Å². The molecule has 4 nitrogen and oxygen atoms in total. The van der Waals surface area contributed by atoms with Gasteiger partial charge in [0.2, 0.25) is 0 Å². The number of nitrogens with zero attached hydrogens (tertiary/aromatic N) is 2. The first-order valence-electron chi connectivity index (χ1n) is 8.95. The molecule has 0 bridgehead atoms. The topological polar surface area (TPSA) is 58.0 Å². The van der Waals surface area contributed by atoms with Crippen LogP contribution in [-0.2, 0) is 0 Å². The van der Waals surface area contributed by atoms with Crippen LogP contribution in [0.3, 0.4) is 0 Å². The van der Waals surface area contributed by atoms with Crippen LogP contribution in [0.25, 0.3) is 10.9 Å². The van der Waals surface area contributed by atoms with E-state index in [1.807, 2.05) is 42.5 Å². The second-order valence-corrected chi connectivity index (χ2v) is 6.73. The third kappa shape index (κ3) is 3.34. The third-order valence-electron chi connectivity index (χ3n) is 4.76. The van der Waals surface area contributed by atoms with Gasteiger partial charge < -0.3 is 10.4 Å². The molecule has 0 aliphatic heterocycles. The van der Waals surface area contributed by atoms with E-state index < -0.39 is 0 Å². The number of aryl methyl sites for hydroxylation is 2. The summed E-state index contributed by atoms with van der Waals surface area (Å²) in [5.74, 6) is 0.181. The van der Waals surface area contributed by atoms with Gasteiger partial charge >= 0.3 is 0 Å². The number of fused-ring (bicyclic) bond motifs is 1. The standard InChI is InChI=1S/C23H21N3O/c1-15-8-11-19(16(2)14-15)26-22(20-7-3-4-12-24-20)18-10-9-17-6-5-13-25-21(17)23(18)27/h3-14,22,26-27H,1-2H3. The van der Waals surface area contributed by atoms with Crippen molar-refractivity contribution in [1.82, 2.24) is 9.97 Å². The smallest absolute Gasteiger partial charge is 0.147 e. The van der Waals surface area contributed by atoms with E-state index in [-0.39, 0.29) is 11.8 Å². The zero-order valence-corrected chi connectivity index (χ0v) is 15.3. The van der Waals surface area contributed by atoms with E-state index in [4.69, 9.17) is 0 Å². The number of phenols is 1. The molecule has 0 spiro atoms. The Morgan fingerprint density at radius 3 is 2.52 bits per heavy atom. The quantitative estimate of drug-likeness (QED) is 0.531. The number of nitrogens with one attached hydrogen (secondary N) is 1. The number of aromatic hydroxyl groups is 1. The summed E-state index contributed by atoms with van der Waals surface area (Å²) in [6.07, 6.45) is 3.46. The number of aromatic nitrogens is 2. The van der Waals surface area contributed by atoms with Gasteiger partial charge in [0.15, 0.2) is 0 Å². The number of hydrogen-bond donors (Lipinski definition) is 2. The summed E-state index contributed by atoms with van der Waals surface area (Å²) < 4.78 is 0. The highest BCUT2D eigenvalue weighted by molar-refractivity contribution is 5.86. The van der Waals surface area contributed by atoms with Crippen molar-refractivity contribution in [2.45, 2.75) is 19.9 Å². The molecule has 2 aromatic heterocycles. The van der Waals surface area contributed by atoms with Gasteiger partial charge in [-0.25, -0.2) is 0 Å². The first kappa shape index (κ1) is 17.0. The predicted molar refractivity (Wildman–Crippen MR) is 109 cm³/mol. The monoisotopic (exact) mass is 355 g/mol. The van der Waals surface area contributed by atoms with E-state index in [1.54, 1.807) is 12.4 Å². The van der Waals surface area contributed by atoms with Crippen LogP contribution in [0, 0.1) is 13.8 Å². The van der Waals surface area contributed by atoms with Gasteiger partial charge in [0, 0.05) is 29.0 Å². The summed E-state index contributed by atoms with van der Waals surface area (Å²) in [5, 5.41) is 15.4. The van der Waals surface area contributed by atoms with Gasteiger partial charge in [0.25, 0.3) is 0 Å². The van der Waals surface area contributed by atoms with Crippen LogP contribution in [0.4, 0.5) is 5.69 Å². The molecule has 0 radical (unpaired) electrons. The van der Waals surface area contributed by atoms with Crippen molar-refractivity contribution in [3.8, 4) is 5.75 Å². The van der Waals surface area contributed by atoms with Crippen molar-refractivity contribution in [2.75, 3.05) is 5.32 Å². The summed E-state index contributed by atoms with van der Waals surface area (Å²) in [7, 11) is 0. The highest BCUT2D eigenvalue weighted by Crippen LogP contribution is 2.36. The van der Waals surface area contributed by atoms with Crippen molar-refractivity contribution in [2.24, 2.45) is 0 Å². The number of pyridine rings is 2. The fourth-order valence-corrected chi connectivity index (χ4v) is 3.37. The number of hydrogen-bond acceptors (Lipinski definition) is 4. The largest absolute Gasteiger partial charge is 0.505 e. The Hall–Kier alpha value is -3.40. The third-order valence-corrected chi connectivity index (χ3v) is 4.76. The highest BCUT2D eigenvalue weighted by Gasteiger charge is 2.21. The lowest BCUT2D eigenvalue weighted by Crippen LogP contribution is -2.15. The maximum absolute atomic E-state index is 10.9. The van der Waals surface area contributed by atoms with Crippen LogP contribution in [-0.4, -0.2) is 15.1 Å². The van der Waals surface area contributed by atoms with Crippen molar-refractivity contribution in [1.29, 1.82) is 0 Å². The van der Waals surface area contributed by atoms with Gasteiger partial charge in [-0.15, -0.1) is 0 Å². The minimum atomic E-state index is -0.293. The number of phenolic OH excluding ortho intramolecular Hbond substituents is 1. The Labute approximate surface area is 158 Å². The molecule has 0 aliphatic rings. The molecule has 4 heteroatoms. The van der Waals surface area contributed by atoms with E-state index in [0.717, 1.165) is 27.9 Å². The molecule has 1 atom stereocenters. The lowest BCUT2D eigenvalue weighted by atomic mass is 9.98. The Morgan fingerprint density at radius 2 is 1.74 bits per heavy atom. The Kier molecular flexibility index (Phi) is 4.47. The molecule has 27 heavy (non-hydrogen) atoms. The molecule has 0 amide bonds. The summed E-state index contributed by atoms with van der Waals surface area (Å²) in [5.41, 5.74) is 5.55. The van der Waals surface area contributed by atoms with E-state index >= 15 is 0 Å². The highest BCUT2D eigenvalue weighted by atomic mass is 16.3. The van der Waals surface area contributed by atoms with Gasteiger partial charge in [0.1, 0.15) is 11.3 Å². The molecule has 2 N–H and O–H groups in total. The summed E-state index contributed by atoms with van der Waals surface area (Å²) in [6.45, 7) is 4.15. The van der Waals surface area contributed by atoms with E-state index in [0.29, 0.717) is 5.52 Å². The molecule has 0 fully saturated rings. The first-order chi connectivity index (χ1) is 13.1.